The summed E-state index contributed by atoms with van der Waals surface area (Å²) in [5.41, 5.74) is 1.48. The number of allylic oxidation sites excluding steroid dienone is 2. The summed E-state index contributed by atoms with van der Waals surface area (Å²) in [7, 11) is 1.64. The van der Waals surface area contributed by atoms with Crippen LogP contribution in [0.25, 0.3) is 0 Å². The Bertz CT molecular complexity index is 1580. The lowest BCUT2D eigenvalue weighted by Crippen LogP contribution is -2.50. The van der Waals surface area contributed by atoms with Crippen LogP contribution in [0.1, 0.15) is 43.0 Å². The van der Waals surface area contributed by atoms with Gasteiger partial charge in [-0.05, 0) is 43.5 Å². The molecule has 3 aromatic carbocycles. The molecular weight excluding hydrogens is 643 g/mol. The lowest BCUT2D eigenvalue weighted by molar-refractivity contribution is -0.385. The number of carbonyl (C=O) groups is 2. The predicted molar refractivity (Wildman–Crippen MR) is 185 cm³/mol. The minimum atomic E-state index is -1.61. The Morgan fingerprint density at radius 2 is 1.30 bits per heavy atom. The maximum absolute atomic E-state index is 13.0. The largest absolute Gasteiger partial charge is 0.478 e. The molecule has 2 aliphatic heterocycles. The number of carboxylic acid groups (broad SMARTS) is 2. The number of benzene rings is 3. The molecule has 0 radical (unpaired) electrons. The summed E-state index contributed by atoms with van der Waals surface area (Å²) in [4.78, 5) is 43.4. The van der Waals surface area contributed by atoms with Crippen molar-refractivity contribution in [1.29, 1.82) is 0 Å². The summed E-state index contributed by atoms with van der Waals surface area (Å²) in [6, 6.07) is 26.5. The normalized spacial score (nSPS) is 16.8. The minimum Gasteiger partial charge on any atom is -0.478 e. The Hall–Kier alpha value is -4.22. The van der Waals surface area contributed by atoms with E-state index in [9.17, 15) is 29.9 Å². The Labute approximate surface area is 287 Å². The first-order chi connectivity index (χ1) is 21.6. The molecule has 5 rings (SSSR count). The number of halogens is 2. The topological polar surface area (TPSA) is 127 Å². The Balaban J connectivity index is 0.00000300. The van der Waals surface area contributed by atoms with Crippen LogP contribution in [0, 0.1) is 10.1 Å². The molecule has 10 nitrogen and oxygen atoms in total. The third-order valence-corrected chi connectivity index (χ3v) is 9.37. The number of piperazine rings is 1. The molecule has 0 aliphatic carbocycles. The van der Waals surface area contributed by atoms with Crippen molar-refractivity contribution in [3.8, 4) is 0 Å². The highest BCUT2D eigenvalue weighted by molar-refractivity contribution is 6.00. The van der Waals surface area contributed by atoms with Crippen LogP contribution in [-0.2, 0) is 15.0 Å². The number of nitro groups is 1. The van der Waals surface area contributed by atoms with Gasteiger partial charge in [0.1, 0.15) is 0 Å². The van der Waals surface area contributed by atoms with Gasteiger partial charge in [-0.3, -0.25) is 15.0 Å². The van der Waals surface area contributed by atoms with Crippen LogP contribution in [0.5, 0.6) is 0 Å². The molecule has 0 saturated carbocycles. The fourth-order valence-corrected chi connectivity index (χ4v) is 7.03. The molecule has 1 saturated heterocycles. The number of nitro benzene ring substituents is 1. The molecular formula is C35H40Cl2N4O6. The van der Waals surface area contributed by atoms with Gasteiger partial charge in [0.25, 0.3) is 5.69 Å². The van der Waals surface area contributed by atoms with Crippen molar-refractivity contribution in [3.63, 3.8) is 0 Å². The first-order valence-corrected chi connectivity index (χ1v) is 15.0. The Morgan fingerprint density at radius 1 is 0.809 bits per heavy atom. The molecule has 3 aromatic rings. The van der Waals surface area contributed by atoms with Crippen molar-refractivity contribution in [2.24, 2.45) is 0 Å². The van der Waals surface area contributed by atoms with Gasteiger partial charge in [0, 0.05) is 56.8 Å². The molecule has 1 fully saturated rings. The van der Waals surface area contributed by atoms with Crippen LogP contribution in [-0.4, -0.2) is 81.5 Å². The highest BCUT2D eigenvalue weighted by Crippen LogP contribution is 2.50. The smallest absolute Gasteiger partial charge is 0.334 e. The number of rotatable bonds is 10. The van der Waals surface area contributed by atoms with E-state index in [0.29, 0.717) is 31.0 Å². The van der Waals surface area contributed by atoms with E-state index in [1.54, 1.807) is 31.9 Å². The van der Waals surface area contributed by atoms with Crippen LogP contribution in [0.2, 0.25) is 0 Å². The average Bonchev–Trinajstić information content (AvgIpc) is 3.04. The Morgan fingerprint density at radius 3 is 1.74 bits per heavy atom. The zero-order valence-electron chi connectivity index (χ0n) is 26.5. The molecule has 0 bridgehead atoms. The van der Waals surface area contributed by atoms with Crippen LogP contribution in [0.4, 0.5) is 5.69 Å². The van der Waals surface area contributed by atoms with E-state index in [1.165, 1.54) is 29.3 Å². The third kappa shape index (κ3) is 7.21. The quantitative estimate of drug-likeness (QED) is 0.192. The first-order valence-electron chi connectivity index (χ1n) is 15.0. The maximum atomic E-state index is 13.0. The molecule has 2 N–H and O–H groups in total. The van der Waals surface area contributed by atoms with Crippen molar-refractivity contribution in [1.82, 2.24) is 14.7 Å². The van der Waals surface area contributed by atoms with E-state index in [1.807, 2.05) is 36.4 Å². The summed E-state index contributed by atoms with van der Waals surface area (Å²) in [6.07, 6.45) is 0.126. The molecule has 0 spiro atoms. The monoisotopic (exact) mass is 682 g/mol. The number of aliphatic carboxylic acids is 2. The number of carboxylic acids is 2. The van der Waals surface area contributed by atoms with Gasteiger partial charge in [0.2, 0.25) is 0 Å². The van der Waals surface area contributed by atoms with E-state index in [4.69, 9.17) is 0 Å². The van der Waals surface area contributed by atoms with Crippen molar-refractivity contribution >= 4 is 42.4 Å². The van der Waals surface area contributed by atoms with Crippen molar-refractivity contribution in [2.45, 2.75) is 31.7 Å². The predicted octanol–water partition coefficient (Wildman–Crippen LogP) is 6.14. The van der Waals surface area contributed by atoms with E-state index in [2.05, 4.69) is 34.1 Å². The minimum absolute atomic E-state index is 0. The van der Waals surface area contributed by atoms with E-state index in [-0.39, 0.29) is 59.7 Å². The summed E-state index contributed by atoms with van der Waals surface area (Å²) in [5.74, 6) is -2.51. The number of non-ortho nitro benzene ring substituents is 1. The van der Waals surface area contributed by atoms with Gasteiger partial charge in [-0.1, -0.05) is 72.8 Å². The van der Waals surface area contributed by atoms with Gasteiger partial charge in [-0.2, -0.15) is 0 Å². The molecule has 0 atom stereocenters. The average molecular weight is 684 g/mol. The van der Waals surface area contributed by atoms with E-state index in [0.717, 1.165) is 13.1 Å². The molecule has 0 amide bonds. The SMILES string of the molecule is CC1=C(C(=O)O)C(CCN2CCN(C(c3ccccc3)c3ccccc3)CC2)(c2cccc([N+](=O)[O-])c2)C(C(=O)O)=C(C)N1C.Cl.Cl. The molecule has 0 unspecified atom stereocenters. The summed E-state index contributed by atoms with van der Waals surface area (Å²) in [5, 5.41) is 32.9. The van der Waals surface area contributed by atoms with Crippen LogP contribution in [0.3, 0.4) is 0 Å². The van der Waals surface area contributed by atoms with Crippen molar-refractivity contribution in [3.05, 3.63) is 134 Å². The third-order valence-electron chi connectivity index (χ3n) is 9.37. The second-order valence-electron chi connectivity index (χ2n) is 11.7. The zero-order chi connectivity index (χ0) is 32.3. The fourth-order valence-electron chi connectivity index (χ4n) is 7.03. The second kappa shape index (κ2) is 15.6. The molecule has 2 aliphatic rings. The number of nitrogens with zero attached hydrogens (tertiary/aromatic N) is 4. The van der Waals surface area contributed by atoms with Crippen LogP contribution < -0.4 is 0 Å². The number of hydrogen-bond donors (Lipinski definition) is 2. The van der Waals surface area contributed by atoms with Crippen molar-refractivity contribution < 1.29 is 24.7 Å². The standard InChI is InChI=1S/C35H38N4O6.2ClH/c1-24-30(33(40)41)35(31(34(42)43)25(2)36(24)3,28-15-10-16-29(23-28)39(44)45)17-18-37-19-21-38(22-20-37)32(26-11-6-4-7-12-26)27-13-8-5-9-14-27;;/h4-16,23,32H,17-22H2,1-3H3,(H,40,41)(H,42,43);2*1H. The van der Waals surface area contributed by atoms with Crippen LogP contribution in [0.15, 0.2) is 107 Å². The second-order valence-corrected chi connectivity index (χ2v) is 11.7. The van der Waals surface area contributed by atoms with Gasteiger partial charge in [-0.25, -0.2) is 9.59 Å². The lowest BCUT2D eigenvalue weighted by atomic mass is 9.63. The van der Waals surface area contributed by atoms with E-state index >= 15 is 0 Å². The first kappa shape index (κ1) is 37.2. The highest BCUT2D eigenvalue weighted by Gasteiger charge is 2.51. The molecule has 2 heterocycles. The lowest BCUT2D eigenvalue weighted by Gasteiger charge is -2.45. The molecule has 250 valence electrons. The van der Waals surface area contributed by atoms with Crippen molar-refractivity contribution in [2.75, 3.05) is 39.8 Å². The van der Waals surface area contributed by atoms with E-state index < -0.39 is 22.3 Å². The highest BCUT2D eigenvalue weighted by atomic mass is 35.5. The molecule has 0 aromatic heterocycles. The Kier molecular flexibility index (Phi) is 12.3. The van der Waals surface area contributed by atoms with Crippen LogP contribution >= 0.6 is 24.8 Å². The summed E-state index contributed by atoms with van der Waals surface area (Å²) in [6.45, 7) is 6.60. The fraction of sp³-hybridized carbons (Fsp3) is 0.314. The van der Waals surface area contributed by atoms with Gasteiger partial charge in [-0.15, -0.1) is 24.8 Å². The summed E-state index contributed by atoms with van der Waals surface area (Å²) >= 11 is 0. The maximum Gasteiger partial charge on any atom is 0.334 e. The van der Waals surface area contributed by atoms with Gasteiger partial charge in [0.15, 0.2) is 0 Å². The molecule has 12 heteroatoms. The zero-order valence-corrected chi connectivity index (χ0v) is 28.2. The van der Waals surface area contributed by atoms with Gasteiger partial charge < -0.3 is 20.0 Å². The number of hydrogen-bond acceptors (Lipinski definition) is 7. The van der Waals surface area contributed by atoms with Gasteiger partial charge >= 0.3 is 11.9 Å². The molecule has 47 heavy (non-hydrogen) atoms. The van der Waals surface area contributed by atoms with Gasteiger partial charge in [0.05, 0.1) is 27.5 Å². The summed E-state index contributed by atoms with van der Waals surface area (Å²) < 4.78 is 0.